The third-order valence-electron chi connectivity index (χ3n) is 0. The molecule has 0 rings (SSSR count). The van der Waals surface area contributed by atoms with Gasteiger partial charge in [-0.3, -0.25) is 0 Å². The highest BCUT2D eigenvalue weighted by molar-refractivity contribution is 7.30. The first-order valence-corrected chi connectivity index (χ1v) is 3.56. The van der Waals surface area contributed by atoms with Crippen molar-refractivity contribution >= 4 is 8.25 Å². The van der Waals surface area contributed by atoms with Crippen LogP contribution >= 0.6 is 8.25 Å². The van der Waals surface area contributed by atoms with Gasteiger partial charge in [-0.2, -0.15) is 0 Å². The van der Waals surface area contributed by atoms with Crippen molar-refractivity contribution in [3.63, 3.8) is 0 Å². The molecule has 0 spiro atoms. The summed E-state index contributed by atoms with van der Waals surface area (Å²) >= 11 is 0. The van der Waals surface area contributed by atoms with E-state index in [1.54, 1.807) is 14.2 Å². The van der Waals surface area contributed by atoms with Crippen LogP contribution in [0, 0.1) is 0 Å². The summed E-state index contributed by atoms with van der Waals surface area (Å²) in [5.74, 6) is 0. The van der Waals surface area contributed by atoms with Crippen molar-refractivity contribution in [2.45, 2.75) is 13.8 Å². The van der Waals surface area contributed by atoms with Gasteiger partial charge in [0.25, 0.3) is 0 Å². The minimum absolute atomic E-state index is 1.62. The van der Waals surface area contributed by atoms with Crippen LogP contribution in [-0.4, -0.2) is 24.0 Å². The van der Waals surface area contributed by atoms with E-state index < -0.39 is 8.25 Å². The van der Waals surface area contributed by atoms with E-state index in [1.807, 2.05) is 13.8 Å². The second kappa shape index (κ2) is 24.5. The Balaban J connectivity index is -0.0000000646. The Morgan fingerprint density at radius 2 is 1.22 bits per heavy atom. The Hall–Kier alpha value is -0.0200. The van der Waals surface area contributed by atoms with Crippen molar-refractivity contribution in [3.05, 3.63) is 0 Å². The summed E-state index contributed by atoms with van der Waals surface area (Å²) in [4.78, 5) is 14.2. The first-order valence-electron chi connectivity index (χ1n) is 2.40. The Labute approximate surface area is 56.4 Å². The van der Waals surface area contributed by atoms with Gasteiger partial charge in [0, 0.05) is 18.8 Å². The minimum Gasteiger partial charge on any atom is -0.388 e. The van der Waals surface area contributed by atoms with Gasteiger partial charge in [-0.25, -0.2) is 0 Å². The third-order valence-corrected chi connectivity index (χ3v) is 0. The zero-order valence-electron chi connectivity index (χ0n) is 6.16. The maximum Gasteiger partial charge on any atom is 0.692 e. The molecule has 58 valence electrons. The van der Waals surface area contributed by atoms with E-state index in [2.05, 4.69) is 4.74 Å². The standard InChI is InChI=1S/C2H6O.C2H6.HO3P/c1-3-2;1-2;1-4(2)3/h1-2H3;1-2H3;(H-,1,2,3)/p+1. The lowest BCUT2D eigenvalue weighted by atomic mass is 11.0. The number of hydrogen-bond donors (Lipinski definition) is 2. The molecule has 0 radical (unpaired) electrons. The fraction of sp³-hybridized carbons (Fsp3) is 1.00. The topological polar surface area (TPSA) is 66.8 Å². The molecule has 0 aliphatic heterocycles. The van der Waals surface area contributed by atoms with E-state index in [0.29, 0.717) is 0 Å². The van der Waals surface area contributed by atoms with E-state index in [9.17, 15) is 0 Å². The molecule has 0 heterocycles. The van der Waals surface area contributed by atoms with Gasteiger partial charge in [0.05, 0.1) is 0 Å². The zero-order valence-corrected chi connectivity index (χ0v) is 7.05. The summed E-state index contributed by atoms with van der Waals surface area (Å²) in [6.07, 6.45) is 0. The van der Waals surface area contributed by atoms with Crippen LogP contribution in [0.4, 0.5) is 0 Å². The molecular formula is C4H14O4P+. The Kier molecular flexibility index (Phi) is 43.6. The molecule has 0 aromatic rings. The highest BCUT2D eigenvalue weighted by Gasteiger charge is 1.93. The normalized spacial score (nSPS) is 5.56. The van der Waals surface area contributed by atoms with Crippen LogP contribution in [0.25, 0.3) is 0 Å². The van der Waals surface area contributed by atoms with Crippen LogP contribution in [0.5, 0.6) is 0 Å². The molecule has 0 aromatic heterocycles. The summed E-state index contributed by atoms with van der Waals surface area (Å²) in [6.45, 7) is 4.00. The lowest BCUT2D eigenvalue weighted by molar-refractivity contribution is 0.277. The van der Waals surface area contributed by atoms with Crippen LogP contribution in [0.2, 0.25) is 0 Å². The molecule has 0 aliphatic rings. The summed E-state index contributed by atoms with van der Waals surface area (Å²) in [5, 5.41) is 0. The van der Waals surface area contributed by atoms with Gasteiger partial charge in [-0.15, -0.1) is 9.79 Å². The van der Waals surface area contributed by atoms with Gasteiger partial charge in [0.2, 0.25) is 0 Å². The molecule has 4 nitrogen and oxygen atoms in total. The predicted molar refractivity (Wildman–Crippen MR) is 36.3 cm³/mol. The van der Waals surface area contributed by atoms with E-state index in [0.717, 1.165) is 0 Å². The summed E-state index contributed by atoms with van der Waals surface area (Å²) in [6, 6.07) is 0. The summed E-state index contributed by atoms with van der Waals surface area (Å²) < 4.78 is 13.0. The van der Waals surface area contributed by atoms with Crippen molar-refractivity contribution < 1.29 is 19.1 Å². The van der Waals surface area contributed by atoms with Crippen LogP contribution in [0.15, 0.2) is 0 Å². The van der Waals surface area contributed by atoms with E-state index in [4.69, 9.17) is 14.4 Å². The van der Waals surface area contributed by atoms with Crippen molar-refractivity contribution in [1.82, 2.24) is 0 Å². The molecule has 2 N–H and O–H groups in total. The number of hydrogen-bond acceptors (Lipinski definition) is 2. The lowest BCUT2D eigenvalue weighted by Crippen LogP contribution is -1.55. The van der Waals surface area contributed by atoms with Crippen molar-refractivity contribution in [3.8, 4) is 0 Å². The molecule has 0 amide bonds. The molecule has 9 heavy (non-hydrogen) atoms. The molecule has 0 fully saturated rings. The molecule has 0 aliphatic carbocycles. The smallest absolute Gasteiger partial charge is 0.388 e. The molecule has 0 atom stereocenters. The molecule has 5 heteroatoms. The van der Waals surface area contributed by atoms with Crippen molar-refractivity contribution in [1.29, 1.82) is 0 Å². The lowest BCUT2D eigenvalue weighted by Gasteiger charge is -1.61. The van der Waals surface area contributed by atoms with Gasteiger partial charge in [0.1, 0.15) is 0 Å². The summed E-state index contributed by atoms with van der Waals surface area (Å²) in [5.41, 5.74) is 0. The minimum atomic E-state index is -2.87. The average Bonchev–Trinajstić information content (AvgIpc) is 1.71. The second-order valence-electron chi connectivity index (χ2n) is 0.661. The highest BCUT2D eigenvalue weighted by atomic mass is 31.1. The van der Waals surface area contributed by atoms with Crippen molar-refractivity contribution in [2.24, 2.45) is 0 Å². The molecule has 0 unspecified atom stereocenters. The van der Waals surface area contributed by atoms with Crippen LogP contribution in [-0.2, 0) is 9.30 Å². The monoisotopic (exact) mass is 157 g/mol. The van der Waals surface area contributed by atoms with Crippen LogP contribution in [0.1, 0.15) is 13.8 Å². The first kappa shape index (κ1) is 16.0. The largest absolute Gasteiger partial charge is 0.692 e. The maximum absolute atomic E-state index is 8.70. The molecule has 0 bridgehead atoms. The third kappa shape index (κ3) is 713000. The van der Waals surface area contributed by atoms with Gasteiger partial charge < -0.3 is 4.74 Å². The van der Waals surface area contributed by atoms with E-state index in [1.165, 1.54) is 0 Å². The van der Waals surface area contributed by atoms with Gasteiger partial charge >= 0.3 is 8.25 Å². The molecule has 0 saturated heterocycles. The summed E-state index contributed by atoms with van der Waals surface area (Å²) in [7, 11) is 0.380. The fourth-order valence-corrected chi connectivity index (χ4v) is 0. The highest BCUT2D eigenvalue weighted by Crippen LogP contribution is 1.98. The van der Waals surface area contributed by atoms with E-state index in [-0.39, 0.29) is 0 Å². The molecule has 0 aromatic carbocycles. The molecular weight excluding hydrogens is 143 g/mol. The SMILES string of the molecule is CC.COC.O=[P+](O)O. The first-order chi connectivity index (χ1) is 4.15. The number of methoxy groups -OCH3 is 1. The quantitative estimate of drug-likeness (QED) is 0.513. The Bertz CT molecular complexity index is 43.8. The van der Waals surface area contributed by atoms with Crippen molar-refractivity contribution in [2.75, 3.05) is 14.2 Å². The average molecular weight is 157 g/mol. The zero-order chi connectivity index (χ0) is 8.28. The van der Waals surface area contributed by atoms with Crippen LogP contribution < -0.4 is 0 Å². The predicted octanol–water partition coefficient (Wildman–Crippen LogP) is 0.917. The van der Waals surface area contributed by atoms with E-state index >= 15 is 0 Å². The number of rotatable bonds is 0. The Morgan fingerprint density at radius 3 is 1.22 bits per heavy atom. The molecule has 0 saturated carbocycles. The number of ether oxygens (including phenoxy) is 1. The fourth-order valence-electron chi connectivity index (χ4n) is 0. The second-order valence-corrected chi connectivity index (χ2v) is 1.17. The van der Waals surface area contributed by atoms with Crippen LogP contribution in [0.3, 0.4) is 0 Å². The van der Waals surface area contributed by atoms with Gasteiger partial charge in [0.15, 0.2) is 0 Å². The van der Waals surface area contributed by atoms with Gasteiger partial charge in [-0.05, 0) is 0 Å². The Morgan fingerprint density at radius 1 is 1.22 bits per heavy atom. The maximum atomic E-state index is 8.70. The van der Waals surface area contributed by atoms with Gasteiger partial charge in [-0.1, -0.05) is 13.8 Å².